The molecule has 9 heteroatoms. The van der Waals surface area contributed by atoms with Crippen molar-refractivity contribution in [1.82, 2.24) is 19.8 Å². The second-order valence-electron chi connectivity index (χ2n) is 8.99. The van der Waals surface area contributed by atoms with Gasteiger partial charge in [0.15, 0.2) is 0 Å². The second kappa shape index (κ2) is 10.9. The molecular weight excluding hydrogens is 503 g/mol. The zero-order chi connectivity index (χ0) is 26.6. The predicted octanol–water partition coefficient (Wildman–Crippen LogP) is 5.40. The molecule has 0 fully saturated rings. The number of benzene rings is 2. The van der Waals surface area contributed by atoms with Crippen LogP contribution < -0.4 is 5.32 Å². The molecule has 0 aliphatic carbocycles. The van der Waals surface area contributed by atoms with E-state index in [4.69, 9.17) is 16.9 Å². The molecule has 0 spiro atoms. The molecule has 0 unspecified atom stereocenters. The lowest BCUT2D eigenvalue weighted by Crippen LogP contribution is -2.34. The first-order chi connectivity index (χ1) is 18.5. The Bertz CT molecular complexity index is 1650. The van der Waals surface area contributed by atoms with Gasteiger partial charge in [0.25, 0.3) is 0 Å². The van der Waals surface area contributed by atoms with Crippen molar-refractivity contribution in [2.24, 2.45) is 0 Å². The second-order valence-corrected chi connectivity index (χ2v) is 9.38. The van der Waals surface area contributed by atoms with E-state index < -0.39 is 5.82 Å². The minimum absolute atomic E-state index is 0.107. The molecule has 1 amide bonds. The summed E-state index contributed by atoms with van der Waals surface area (Å²) in [5.41, 5.74) is 4.50. The van der Waals surface area contributed by atoms with Crippen molar-refractivity contribution in [3.63, 3.8) is 0 Å². The number of hydrogen-bond acceptors (Lipinski definition) is 5. The number of pyridine rings is 1. The summed E-state index contributed by atoms with van der Waals surface area (Å²) >= 11 is 5.96. The Balaban J connectivity index is 1.41. The van der Waals surface area contributed by atoms with Gasteiger partial charge in [0, 0.05) is 49.9 Å². The number of hydrogen-bond donors (Lipinski definition) is 1. The summed E-state index contributed by atoms with van der Waals surface area (Å²) in [5.74, 6) is -0.607. The Hall–Kier alpha value is -4.50. The molecule has 4 aromatic rings. The highest BCUT2D eigenvalue weighted by Crippen LogP contribution is 2.32. The minimum atomic E-state index is -0.607. The zero-order valence-corrected chi connectivity index (χ0v) is 21.0. The van der Waals surface area contributed by atoms with Crippen LogP contribution in [0.1, 0.15) is 33.5 Å². The number of carbonyl (C=O) groups is 1. The molecule has 0 saturated carbocycles. The van der Waals surface area contributed by atoms with Crippen LogP contribution in [-0.4, -0.2) is 33.6 Å². The lowest BCUT2D eigenvalue weighted by Gasteiger charge is -2.27. The van der Waals surface area contributed by atoms with Gasteiger partial charge in [-0.05, 0) is 53.1 Å². The van der Waals surface area contributed by atoms with Crippen molar-refractivity contribution in [3.8, 4) is 12.1 Å². The summed E-state index contributed by atoms with van der Waals surface area (Å²) in [7, 11) is 0. The number of halogens is 2. The number of nitrogens with one attached hydrogen (secondary N) is 1. The van der Waals surface area contributed by atoms with E-state index in [-0.39, 0.29) is 18.1 Å². The molecule has 7 nitrogen and oxygen atoms in total. The largest absolute Gasteiger partial charge is 0.333 e. The molecule has 188 valence electrons. The average molecular weight is 525 g/mol. The molecule has 0 bridgehead atoms. The minimum Gasteiger partial charge on any atom is -0.333 e. The van der Waals surface area contributed by atoms with E-state index >= 15 is 0 Å². The van der Waals surface area contributed by atoms with Crippen LogP contribution in [0, 0.1) is 28.5 Å². The molecule has 0 radical (unpaired) electrons. The normalized spacial score (nSPS) is 13.3. The number of aromatic nitrogens is 2. The van der Waals surface area contributed by atoms with Crippen LogP contribution in [0.2, 0.25) is 5.15 Å². The van der Waals surface area contributed by atoms with Crippen LogP contribution in [0.5, 0.6) is 0 Å². The van der Waals surface area contributed by atoms with Crippen molar-refractivity contribution in [2.75, 3.05) is 13.1 Å². The van der Waals surface area contributed by atoms with Crippen molar-refractivity contribution in [2.45, 2.75) is 19.5 Å². The first-order valence-electron chi connectivity index (χ1n) is 12.0. The lowest BCUT2D eigenvalue weighted by molar-refractivity contribution is 0.240. The van der Waals surface area contributed by atoms with E-state index in [2.05, 4.69) is 21.3 Å². The standard InChI is InChI=1S/C29H22ClFN6O/c30-28-12-21(7-9-34-28)17-35-29(38)37-26-8-11-36(10-1-2-19-3-5-20(15-32)6-4-19)18-24(26)23-14-25(31)22(16-33)13-27(23)37/h1-7,9,12-14H,8,10-11,17-18H2,(H,35,38). The third-order valence-corrected chi connectivity index (χ3v) is 6.79. The van der Waals surface area contributed by atoms with Gasteiger partial charge in [-0.3, -0.25) is 9.47 Å². The fourth-order valence-corrected chi connectivity index (χ4v) is 4.92. The number of amides is 1. The third-order valence-electron chi connectivity index (χ3n) is 6.59. The molecule has 1 aliphatic heterocycles. The van der Waals surface area contributed by atoms with Gasteiger partial charge in [0.2, 0.25) is 0 Å². The first kappa shape index (κ1) is 25.2. The summed E-state index contributed by atoms with van der Waals surface area (Å²) in [6.45, 7) is 2.16. The molecule has 1 aliphatic rings. The van der Waals surface area contributed by atoms with Crippen molar-refractivity contribution in [1.29, 1.82) is 10.5 Å². The van der Waals surface area contributed by atoms with E-state index in [1.54, 1.807) is 35.0 Å². The summed E-state index contributed by atoms with van der Waals surface area (Å²) in [6.07, 6.45) is 6.21. The molecule has 2 aromatic heterocycles. The van der Waals surface area contributed by atoms with Crippen LogP contribution in [0.4, 0.5) is 9.18 Å². The van der Waals surface area contributed by atoms with Crippen LogP contribution in [0.3, 0.4) is 0 Å². The van der Waals surface area contributed by atoms with Crippen molar-refractivity contribution >= 4 is 34.6 Å². The molecule has 5 rings (SSSR count). The number of nitriles is 2. The monoisotopic (exact) mass is 524 g/mol. The molecule has 3 heterocycles. The highest BCUT2D eigenvalue weighted by molar-refractivity contribution is 6.29. The van der Waals surface area contributed by atoms with Crippen LogP contribution in [-0.2, 0) is 19.5 Å². The summed E-state index contributed by atoms with van der Waals surface area (Å²) in [5, 5.41) is 22.2. The summed E-state index contributed by atoms with van der Waals surface area (Å²) in [4.78, 5) is 19.5. The maximum atomic E-state index is 14.7. The zero-order valence-electron chi connectivity index (χ0n) is 20.3. The Morgan fingerprint density at radius 2 is 1.97 bits per heavy atom. The van der Waals surface area contributed by atoms with Crippen LogP contribution in [0.25, 0.3) is 17.0 Å². The van der Waals surface area contributed by atoms with Gasteiger partial charge >= 0.3 is 6.03 Å². The highest BCUT2D eigenvalue weighted by Gasteiger charge is 2.27. The SMILES string of the molecule is N#Cc1ccc(C=CCN2CCc3c(c4cc(F)c(C#N)cc4n3C(=O)NCc3ccnc(Cl)c3)C2)cc1. The summed E-state index contributed by atoms with van der Waals surface area (Å²) < 4.78 is 16.2. The summed E-state index contributed by atoms with van der Waals surface area (Å²) in [6, 6.07) is 17.2. The first-order valence-corrected chi connectivity index (χ1v) is 12.4. The Morgan fingerprint density at radius 3 is 2.71 bits per heavy atom. The fourth-order valence-electron chi connectivity index (χ4n) is 4.72. The van der Waals surface area contributed by atoms with E-state index in [1.165, 1.54) is 12.1 Å². The molecule has 38 heavy (non-hydrogen) atoms. The lowest BCUT2D eigenvalue weighted by atomic mass is 10.0. The van der Waals surface area contributed by atoms with Gasteiger partial charge in [-0.1, -0.05) is 35.9 Å². The molecule has 1 N–H and O–H groups in total. The van der Waals surface area contributed by atoms with Crippen molar-refractivity contribution < 1.29 is 9.18 Å². The molecular formula is C29H22ClFN6O. The Kier molecular flexibility index (Phi) is 7.19. The maximum Gasteiger partial charge on any atom is 0.326 e. The Morgan fingerprint density at radius 1 is 1.16 bits per heavy atom. The fraction of sp³-hybridized carbons (Fsp3) is 0.172. The number of rotatable bonds is 5. The molecule has 2 aromatic carbocycles. The van der Waals surface area contributed by atoms with Crippen LogP contribution >= 0.6 is 11.6 Å². The van der Waals surface area contributed by atoms with E-state index in [0.29, 0.717) is 47.7 Å². The number of carbonyl (C=O) groups excluding carboxylic acids is 1. The van der Waals surface area contributed by atoms with Gasteiger partial charge in [-0.25, -0.2) is 14.2 Å². The van der Waals surface area contributed by atoms with Crippen LogP contribution in [0.15, 0.2) is 60.8 Å². The number of nitrogens with zero attached hydrogens (tertiary/aromatic N) is 5. The van der Waals surface area contributed by atoms with Gasteiger partial charge < -0.3 is 5.32 Å². The van der Waals surface area contributed by atoms with Gasteiger partial charge in [-0.15, -0.1) is 0 Å². The van der Waals surface area contributed by atoms with Gasteiger partial charge in [0.1, 0.15) is 17.0 Å². The number of fused-ring (bicyclic) bond motifs is 3. The highest BCUT2D eigenvalue weighted by atomic mass is 35.5. The predicted molar refractivity (Wildman–Crippen MR) is 143 cm³/mol. The third kappa shape index (κ3) is 5.14. The van der Waals surface area contributed by atoms with E-state index in [1.807, 2.05) is 30.4 Å². The van der Waals surface area contributed by atoms with Gasteiger partial charge in [0.05, 0.1) is 22.7 Å². The van der Waals surface area contributed by atoms with Gasteiger partial charge in [-0.2, -0.15) is 10.5 Å². The van der Waals surface area contributed by atoms with Crippen molar-refractivity contribution in [3.05, 3.63) is 105 Å². The quantitative estimate of drug-likeness (QED) is 0.352. The van der Waals surface area contributed by atoms with E-state index in [9.17, 15) is 14.4 Å². The Labute approximate surface area is 224 Å². The maximum absolute atomic E-state index is 14.7. The topological polar surface area (TPSA) is 97.7 Å². The smallest absolute Gasteiger partial charge is 0.326 e. The molecule has 0 atom stereocenters. The molecule has 0 saturated heterocycles. The van der Waals surface area contributed by atoms with E-state index in [0.717, 1.165) is 22.4 Å². The average Bonchev–Trinajstić information content (AvgIpc) is 3.24.